The molecule has 0 saturated heterocycles. The van der Waals surface area contributed by atoms with Gasteiger partial charge < -0.3 is 4.74 Å². The third kappa shape index (κ3) is 3.63. The molecule has 0 aliphatic carbocycles. The number of esters is 1. The standard InChI is InChI=1S/C14H12N4O4/c1-22-14(19)12-7-2-3-8-13(12)16-17-15-10-5-4-6-11(9-10)18(20)21/h2-9H,1H3,(H,15,16). The van der Waals surface area contributed by atoms with Gasteiger partial charge in [-0.3, -0.25) is 15.5 Å². The highest BCUT2D eigenvalue weighted by atomic mass is 16.6. The van der Waals surface area contributed by atoms with Crippen molar-refractivity contribution in [2.45, 2.75) is 0 Å². The molecule has 0 aliphatic heterocycles. The van der Waals surface area contributed by atoms with Crippen LogP contribution < -0.4 is 5.43 Å². The number of nitro groups is 1. The Morgan fingerprint density at radius 1 is 1.23 bits per heavy atom. The number of nitro benzene ring substituents is 1. The van der Waals surface area contributed by atoms with E-state index in [9.17, 15) is 14.9 Å². The minimum absolute atomic E-state index is 0.0600. The van der Waals surface area contributed by atoms with Crippen molar-refractivity contribution in [3.8, 4) is 0 Å². The highest BCUT2D eigenvalue weighted by Gasteiger charge is 2.10. The number of non-ortho nitro benzene ring substituents is 1. The van der Waals surface area contributed by atoms with Gasteiger partial charge >= 0.3 is 5.97 Å². The Balaban J connectivity index is 2.15. The van der Waals surface area contributed by atoms with Crippen LogP contribution >= 0.6 is 0 Å². The molecule has 1 N–H and O–H groups in total. The zero-order valence-corrected chi connectivity index (χ0v) is 11.6. The predicted octanol–water partition coefficient (Wildman–Crippen LogP) is 3.49. The van der Waals surface area contributed by atoms with Crippen molar-refractivity contribution in [1.29, 1.82) is 0 Å². The van der Waals surface area contributed by atoms with Crippen molar-refractivity contribution < 1.29 is 14.5 Å². The summed E-state index contributed by atoms with van der Waals surface area (Å²) in [5.41, 5.74) is 3.52. The number of benzene rings is 2. The summed E-state index contributed by atoms with van der Waals surface area (Å²) in [5.74, 6) is -0.523. The van der Waals surface area contributed by atoms with Gasteiger partial charge in [-0.15, -0.1) is 5.11 Å². The van der Waals surface area contributed by atoms with E-state index in [2.05, 4.69) is 20.5 Å². The van der Waals surface area contributed by atoms with Crippen LogP contribution in [-0.4, -0.2) is 18.0 Å². The molecule has 0 heterocycles. The van der Waals surface area contributed by atoms with E-state index >= 15 is 0 Å². The fourth-order valence-corrected chi connectivity index (χ4v) is 1.67. The van der Waals surface area contributed by atoms with Crippen LogP contribution in [0, 0.1) is 10.1 Å². The molecule has 0 amide bonds. The van der Waals surface area contributed by atoms with Crippen LogP contribution in [-0.2, 0) is 4.74 Å². The molecule has 0 saturated carbocycles. The van der Waals surface area contributed by atoms with Crippen molar-refractivity contribution in [3.05, 3.63) is 64.2 Å². The minimum Gasteiger partial charge on any atom is -0.465 e. The van der Waals surface area contributed by atoms with Gasteiger partial charge in [0.15, 0.2) is 0 Å². The number of nitrogens with one attached hydrogen (secondary N) is 1. The second-order valence-corrected chi connectivity index (χ2v) is 4.13. The molecule has 2 aromatic rings. The van der Waals surface area contributed by atoms with Crippen molar-refractivity contribution in [2.75, 3.05) is 12.5 Å². The van der Waals surface area contributed by atoms with Gasteiger partial charge in [-0.25, -0.2) is 4.79 Å². The van der Waals surface area contributed by atoms with Crippen LogP contribution in [0.25, 0.3) is 0 Å². The molecule has 0 aromatic heterocycles. The first-order chi connectivity index (χ1) is 10.6. The van der Waals surface area contributed by atoms with Crippen molar-refractivity contribution in [1.82, 2.24) is 0 Å². The fourth-order valence-electron chi connectivity index (χ4n) is 1.67. The highest BCUT2D eigenvalue weighted by Crippen LogP contribution is 2.21. The molecule has 8 nitrogen and oxygen atoms in total. The number of carbonyl (C=O) groups excluding carboxylic acids is 1. The number of ether oxygens (including phenoxy) is 1. The average Bonchev–Trinajstić information content (AvgIpc) is 2.55. The first-order valence-corrected chi connectivity index (χ1v) is 6.20. The number of anilines is 1. The summed E-state index contributed by atoms with van der Waals surface area (Å²) >= 11 is 0. The Bertz CT molecular complexity index is 730. The van der Waals surface area contributed by atoms with Gasteiger partial charge in [0.1, 0.15) is 5.69 Å². The number of hydrogen-bond donors (Lipinski definition) is 1. The van der Waals surface area contributed by atoms with E-state index in [1.165, 1.54) is 25.3 Å². The van der Waals surface area contributed by atoms with E-state index < -0.39 is 10.9 Å². The summed E-state index contributed by atoms with van der Waals surface area (Å²) < 4.78 is 4.65. The monoisotopic (exact) mass is 300 g/mol. The average molecular weight is 300 g/mol. The van der Waals surface area contributed by atoms with Crippen LogP contribution in [0.1, 0.15) is 10.4 Å². The molecular weight excluding hydrogens is 288 g/mol. The Labute approximate surface area is 125 Å². The number of methoxy groups -OCH3 is 1. The van der Waals surface area contributed by atoms with Crippen molar-refractivity contribution in [3.63, 3.8) is 0 Å². The van der Waals surface area contributed by atoms with Gasteiger partial charge in [0.05, 0.1) is 23.3 Å². The lowest BCUT2D eigenvalue weighted by molar-refractivity contribution is -0.384. The van der Waals surface area contributed by atoms with Crippen molar-refractivity contribution >= 4 is 23.0 Å². The fraction of sp³-hybridized carbons (Fsp3) is 0.0714. The Kier molecular flexibility index (Phi) is 4.76. The van der Waals surface area contributed by atoms with E-state index in [1.54, 1.807) is 30.3 Å². The summed E-state index contributed by atoms with van der Waals surface area (Å²) in [7, 11) is 1.28. The maximum absolute atomic E-state index is 11.6. The lowest BCUT2D eigenvalue weighted by atomic mass is 10.2. The summed E-state index contributed by atoms with van der Waals surface area (Å²) in [6.45, 7) is 0. The topological polar surface area (TPSA) is 106 Å². The second-order valence-electron chi connectivity index (χ2n) is 4.13. The minimum atomic E-state index is -0.523. The van der Waals surface area contributed by atoms with Crippen LogP contribution in [0.4, 0.5) is 17.1 Å². The SMILES string of the molecule is COC(=O)c1ccccc1N=NNc1cccc([N+](=O)[O-])c1. The Morgan fingerprint density at radius 3 is 2.73 bits per heavy atom. The molecule has 0 aliphatic rings. The van der Waals surface area contributed by atoms with Gasteiger partial charge in [-0.05, 0) is 18.2 Å². The summed E-state index contributed by atoms with van der Waals surface area (Å²) in [6, 6.07) is 12.4. The van der Waals surface area contributed by atoms with Crippen LogP contribution in [0.5, 0.6) is 0 Å². The second kappa shape index (κ2) is 6.93. The van der Waals surface area contributed by atoms with E-state index in [1.807, 2.05) is 0 Å². The van der Waals surface area contributed by atoms with Crippen molar-refractivity contribution in [2.24, 2.45) is 10.3 Å². The first-order valence-electron chi connectivity index (χ1n) is 6.20. The van der Waals surface area contributed by atoms with Crippen LogP contribution in [0.2, 0.25) is 0 Å². The maximum Gasteiger partial charge on any atom is 0.340 e. The van der Waals surface area contributed by atoms with Crippen LogP contribution in [0.3, 0.4) is 0 Å². The number of hydrogen-bond acceptors (Lipinski definition) is 6. The van der Waals surface area contributed by atoms with Crippen LogP contribution in [0.15, 0.2) is 58.9 Å². The normalized spacial score (nSPS) is 10.4. The van der Waals surface area contributed by atoms with Gasteiger partial charge in [0, 0.05) is 12.1 Å². The zero-order valence-electron chi connectivity index (χ0n) is 11.6. The van der Waals surface area contributed by atoms with E-state index in [0.717, 1.165) is 0 Å². The smallest absolute Gasteiger partial charge is 0.340 e. The molecule has 0 radical (unpaired) electrons. The van der Waals surface area contributed by atoms with E-state index in [0.29, 0.717) is 11.4 Å². The molecule has 0 bridgehead atoms. The molecule has 0 unspecified atom stereocenters. The maximum atomic E-state index is 11.6. The Hall–Kier alpha value is -3.29. The summed E-state index contributed by atoms with van der Waals surface area (Å²) in [6.07, 6.45) is 0. The molecule has 112 valence electrons. The van der Waals surface area contributed by atoms with Gasteiger partial charge in [-0.1, -0.05) is 23.4 Å². The molecule has 0 fully saturated rings. The molecule has 0 spiro atoms. The molecule has 2 aromatic carbocycles. The number of carbonyl (C=O) groups is 1. The molecule has 8 heteroatoms. The van der Waals surface area contributed by atoms with Gasteiger partial charge in [-0.2, -0.15) is 0 Å². The molecular formula is C14H12N4O4. The zero-order chi connectivity index (χ0) is 15.9. The van der Waals surface area contributed by atoms with E-state index in [-0.39, 0.29) is 11.3 Å². The summed E-state index contributed by atoms with van der Waals surface area (Å²) in [4.78, 5) is 21.7. The molecule has 22 heavy (non-hydrogen) atoms. The molecule has 0 atom stereocenters. The lowest BCUT2D eigenvalue weighted by Crippen LogP contribution is -2.01. The third-order valence-corrected chi connectivity index (χ3v) is 2.70. The third-order valence-electron chi connectivity index (χ3n) is 2.70. The number of rotatable bonds is 5. The quantitative estimate of drug-likeness (QED) is 0.393. The number of nitrogens with zero attached hydrogens (tertiary/aromatic N) is 3. The molecule has 2 rings (SSSR count). The Morgan fingerprint density at radius 2 is 2.00 bits per heavy atom. The lowest BCUT2D eigenvalue weighted by Gasteiger charge is -2.02. The summed E-state index contributed by atoms with van der Waals surface area (Å²) in [5, 5.41) is 18.3. The van der Waals surface area contributed by atoms with E-state index in [4.69, 9.17) is 0 Å². The first kappa shape index (κ1) is 15.1. The highest BCUT2D eigenvalue weighted by molar-refractivity contribution is 5.94. The van der Waals surface area contributed by atoms with Gasteiger partial charge in [0.2, 0.25) is 0 Å². The largest absolute Gasteiger partial charge is 0.465 e. The predicted molar refractivity (Wildman–Crippen MR) is 79.0 cm³/mol. The van der Waals surface area contributed by atoms with Gasteiger partial charge in [0.25, 0.3) is 5.69 Å².